The van der Waals surface area contributed by atoms with E-state index < -0.39 is 27.7 Å². The van der Waals surface area contributed by atoms with E-state index in [1.807, 2.05) is 18.2 Å². The number of hydrogen-bond donors (Lipinski definition) is 2. The molecule has 0 fully saturated rings. The van der Waals surface area contributed by atoms with Gasteiger partial charge in [0, 0.05) is 11.3 Å². The Morgan fingerprint density at radius 1 is 1.11 bits per heavy atom. The number of carboxylic acids is 1. The van der Waals surface area contributed by atoms with Gasteiger partial charge in [-0.15, -0.1) is 0 Å². The van der Waals surface area contributed by atoms with Gasteiger partial charge >= 0.3 is 5.97 Å². The average Bonchev–Trinajstić information content (AvgIpc) is 3.24. The van der Waals surface area contributed by atoms with Gasteiger partial charge in [0.1, 0.15) is 23.4 Å². The van der Waals surface area contributed by atoms with E-state index in [-0.39, 0.29) is 6.10 Å². The summed E-state index contributed by atoms with van der Waals surface area (Å²) in [5.74, 6) is 0.813. The summed E-state index contributed by atoms with van der Waals surface area (Å²) in [7, 11) is -3.82. The van der Waals surface area contributed by atoms with Gasteiger partial charge in [-0.1, -0.05) is 12.1 Å². The molecule has 0 amide bonds. The van der Waals surface area contributed by atoms with Gasteiger partial charge in [0.25, 0.3) is 0 Å². The Bertz CT molecular complexity index is 1360. The van der Waals surface area contributed by atoms with Crippen LogP contribution in [0.3, 0.4) is 0 Å². The van der Waals surface area contributed by atoms with Crippen LogP contribution in [-0.2, 0) is 21.2 Å². The number of carbonyl (C=O) groups is 1. The molecule has 0 spiro atoms. The maximum absolute atomic E-state index is 12.3. The van der Waals surface area contributed by atoms with Crippen molar-refractivity contribution in [1.82, 2.24) is 0 Å². The number of sulfonamides is 1. The van der Waals surface area contributed by atoms with Crippen LogP contribution in [0.1, 0.15) is 42.6 Å². The molecular weight excluding hydrogens is 468 g/mol. The summed E-state index contributed by atoms with van der Waals surface area (Å²) in [4.78, 5) is 10.8. The quantitative estimate of drug-likeness (QED) is 0.429. The first-order valence-electron chi connectivity index (χ1n) is 11.0. The van der Waals surface area contributed by atoms with E-state index in [1.54, 1.807) is 48.5 Å². The third kappa shape index (κ3) is 5.73. The highest BCUT2D eigenvalue weighted by Gasteiger charge is 2.27. The average molecular weight is 493 g/mol. The minimum Gasteiger partial charge on any atom is -0.486 e. The molecule has 1 aliphatic rings. The van der Waals surface area contributed by atoms with E-state index in [9.17, 15) is 13.2 Å². The Morgan fingerprint density at radius 2 is 1.80 bits per heavy atom. The van der Waals surface area contributed by atoms with E-state index in [0.717, 1.165) is 29.7 Å². The zero-order valence-corrected chi connectivity index (χ0v) is 19.8. The lowest BCUT2D eigenvalue weighted by atomic mass is 10.1. The highest BCUT2D eigenvalue weighted by Crippen LogP contribution is 2.41. The summed E-state index contributed by atoms with van der Waals surface area (Å²) in [6.07, 6.45) is 0.900. The summed E-state index contributed by atoms with van der Waals surface area (Å²) >= 11 is 0. The topological polar surface area (TPSA) is 126 Å². The summed E-state index contributed by atoms with van der Waals surface area (Å²) in [6, 6.07) is 21.4. The fourth-order valence-corrected chi connectivity index (χ4v) is 4.94. The first-order valence-corrected chi connectivity index (χ1v) is 12.6. The van der Waals surface area contributed by atoms with Gasteiger partial charge in [-0.2, -0.15) is 5.26 Å². The van der Waals surface area contributed by atoms with Crippen molar-refractivity contribution in [3.05, 3.63) is 83.4 Å². The molecule has 0 heterocycles. The molecule has 0 bridgehead atoms. The second kappa shape index (κ2) is 10.1. The summed E-state index contributed by atoms with van der Waals surface area (Å²) in [6.45, 7) is 1.35. The number of anilines is 1. The van der Waals surface area contributed by atoms with Crippen LogP contribution in [0, 0.1) is 11.3 Å². The molecule has 0 saturated carbocycles. The molecule has 0 aromatic heterocycles. The Kier molecular flexibility index (Phi) is 6.94. The van der Waals surface area contributed by atoms with Crippen molar-refractivity contribution in [2.24, 2.45) is 0 Å². The van der Waals surface area contributed by atoms with Crippen LogP contribution in [0.4, 0.5) is 5.69 Å². The number of rotatable bonds is 9. The SMILES string of the molecule is CC(CC(=O)O)S(=O)(=O)Nc1ccc(O[C@@H]2CCc3c(Oc4ccc(C#N)cc4)cccc32)cc1. The van der Waals surface area contributed by atoms with Crippen LogP contribution < -0.4 is 14.2 Å². The standard InChI is InChI=1S/C26H24N2O6S/c1-17(15-26(29)30)35(31,32)28-19-7-11-21(12-8-19)34-25-14-13-23-22(25)3-2-4-24(23)33-20-9-5-18(16-27)6-10-20/h2-12,17,25,28H,13-15H2,1H3,(H,29,30)/t17?,25-/m1/s1. The molecule has 0 saturated heterocycles. The van der Waals surface area contributed by atoms with Gasteiger partial charge < -0.3 is 14.6 Å². The highest BCUT2D eigenvalue weighted by molar-refractivity contribution is 7.93. The molecule has 8 nitrogen and oxygen atoms in total. The molecule has 2 N–H and O–H groups in total. The lowest BCUT2D eigenvalue weighted by Crippen LogP contribution is -2.27. The number of aliphatic carboxylic acids is 1. The normalized spacial score (nSPS) is 15.5. The van der Waals surface area contributed by atoms with E-state index in [4.69, 9.17) is 19.8 Å². The van der Waals surface area contributed by atoms with Crippen LogP contribution in [0.5, 0.6) is 17.2 Å². The van der Waals surface area contributed by atoms with Crippen molar-refractivity contribution in [2.45, 2.75) is 37.5 Å². The smallest absolute Gasteiger partial charge is 0.304 e. The monoisotopic (exact) mass is 492 g/mol. The molecule has 3 aromatic rings. The second-order valence-electron chi connectivity index (χ2n) is 8.29. The Balaban J connectivity index is 1.43. The third-order valence-corrected chi connectivity index (χ3v) is 7.51. The molecule has 2 atom stereocenters. The van der Waals surface area contributed by atoms with E-state index >= 15 is 0 Å². The minimum absolute atomic E-state index is 0.173. The van der Waals surface area contributed by atoms with Gasteiger partial charge in [0.2, 0.25) is 10.0 Å². The van der Waals surface area contributed by atoms with Crippen molar-refractivity contribution in [1.29, 1.82) is 5.26 Å². The highest BCUT2D eigenvalue weighted by atomic mass is 32.2. The van der Waals surface area contributed by atoms with Crippen LogP contribution in [0.25, 0.3) is 0 Å². The van der Waals surface area contributed by atoms with Gasteiger partial charge in [-0.25, -0.2) is 8.42 Å². The van der Waals surface area contributed by atoms with Gasteiger partial charge in [0.15, 0.2) is 0 Å². The molecule has 180 valence electrons. The molecule has 3 aromatic carbocycles. The molecule has 0 aliphatic heterocycles. The fourth-order valence-electron chi connectivity index (χ4n) is 3.91. The zero-order chi connectivity index (χ0) is 25.0. The Hall–Kier alpha value is -4.03. The van der Waals surface area contributed by atoms with E-state index in [2.05, 4.69) is 10.8 Å². The van der Waals surface area contributed by atoms with Crippen molar-refractivity contribution in [3.63, 3.8) is 0 Å². The van der Waals surface area contributed by atoms with Crippen LogP contribution in [0.2, 0.25) is 0 Å². The Labute approximate surface area is 203 Å². The number of nitrogens with one attached hydrogen (secondary N) is 1. The molecule has 1 aliphatic carbocycles. The Morgan fingerprint density at radius 3 is 2.46 bits per heavy atom. The first-order chi connectivity index (χ1) is 16.7. The molecule has 9 heteroatoms. The zero-order valence-electron chi connectivity index (χ0n) is 19.0. The third-order valence-electron chi connectivity index (χ3n) is 5.77. The summed E-state index contributed by atoms with van der Waals surface area (Å²) in [5, 5.41) is 16.7. The molecular formula is C26H24N2O6S. The van der Waals surface area contributed by atoms with Crippen LogP contribution >= 0.6 is 0 Å². The van der Waals surface area contributed by atoms with Crippen molar-refractivity contribution in [3.8, 4) is 23.3 Å². The summed E-state index contributed by atoms with van der Waals surface area (Å²) in [5.41, 5.74) is 3.00. The predicted molar refractivity (Wildman–Crippen MR) is 130 cm³/mol. The van der Waals surface area contributed by atoms with Crippen LogP contribution in [0.15, 0.2) is 66.7 Å². The van der Waals surface area contributed by atoms with Crippen molar-refractivity contribution >= 4 is 21.7 Å². The van der Waals surface area contributed by atoms with Crippen LogP contribution in [-0.4, -0.2) is 24.7 Å². The van der Waals surface area contributed by atoms with Gasteiger partial charge in [0.05, 0.1) is 23.3 Å². The lowest BCUT2D eigenvalue weighted by molar-refractivity contribution is -0.136. The molecule has 4 rings (SSSR count). The first kappa shape index (κ1) is 24.1. The molecule has 0 radical (unpaired) electrons. The maximum atomic E-state index is 12.3. The van der Waals surface area contributed by atoms with E-state index in [1.165, 1.54) is 6.92 Å². The number of nitriles is 1. The number of hydrogen-bond acceptors (Lipinski definition) is 6. The van der Waals surface area contributed by atoms with Crippen molar-refractivity contribution in [2.75, 3.05) is 4.72 Å². The number of carboxylic acid groups (broad SMARTS) is 1. The number of ether oxygens (including phenoxy) is 2. The number of benzene rings is 3. The lowest BCUT2D eigenvalue weighted by Gasteiger charge is -2.17. The number of fused-ring (bicyclic) bond motifs is 1. The maximum Gasteiger partial charge on any atom is 0.304 e. The van der Waals surface area contributed by atoms with Gasteiger partial charge in [-0.3, -0.25) is 9.52 Å². The molecule has 1 unspecified atom stereocenters. The molecule has 35 heavy (non-hydrogen) atoms. The van der Waals surface area contributed by atoms with E-state index in [0.29, 0.717) is 22.7 Å². The largest absolute Gasteiger partial charge is 0.486 e. The van der Waals surface area contributed by atoms with Gasteiger partial charge in [-0.05, 0) is 79.9 Å². The summed E-state index contributed by atoms with van der Waals surface area (Å²) < 4.78 is 39.2. The minimum atomic E-state index is -3.82. The number of nitrogens with zero attached hydrogens (tertiary/aromatic N) is 1. The second-order valence-corrected chi connectivity index (χ2v) is 10.4. The predicted octanol–water partition coefficient (Wildman–Crippen LogP) is 5.02. The fraction of sp³-hybridized carbons (Fsp3) is 0.231. The van der Waals surface area contributed by atoms with Crippen molar-refractivity contribution < 1.29 is 27.8 Å².